The summed E-state index contributed by atoms with van der Waals surface area (Å²) in [6, 6.07) is 1.44. The van der Waals surface area contributed by atoms with Crippen LogP contribution >= 0.6 is 0 Å². The molecule has 1 fully saturated rings. The topological polar surface area (TPSA) is 18.5 Å². The minimum Gasteiger partial charge on any atom is -0.314 e. The average Bonchev–Trinajstić information content (AvgIpc) is 2.64. The normalized spacial score (nSPS) is 21.6. The van der Waals surface area contributed by atoms with Crippen molar-refractivity contribution in [2.24, 2.45) is 0 Å². The molecule has 0 radical (unpaired) electrons. The van der Waals surface area contributed by atoms with Gasteiger partial charge in [-0.15, -0.1) is 0 Å². The lowest BCUT2D eigenvalue weighted by Gasteiger charge is -2.21. The number of rotatable bonds is 9. The first-order chi connectivity index (χ1) is 9.63. The Hall–Kier alpha value is -0.120. The lowest BCUT2D eigenvalue weighted by atomic mass is 10.1. The second-order valence-corrected chi connectivity index (χ2v) is 6.71. The van der Waals surface area contributed by atoms with Gasteiger partial charge >= 0.3 is 0 Å². The Morgan fingerprint density at radius 3 is 2.70 bits per heavy atom. The summed E-state index contributed by atoms with van der Waals surface area (Å²) >= 11 is 0. The maximum atomic E-state index is 3.78. The highest BCUT2D eigenvalue weighted by Crippen LogP contribution is 2.11. The molecule has 0 spiro atoms. The minimum absolute atomic E-state index is 0.675. The molecule has 120 valence electrons. The molecule has 0 aromatic heterocycles. The molecule has 0 aromatic rings. The monoisotopic (exact) mass is 283 g/mol. The summed E-state index contributed by atoms with van der Waals surface area (Å²) in [7, 11) is 2.23. The van der Waals surface area contributed by atoms with Crippen LogP contribution in [0.2, 0.25) is 0 Å². The maximum Gasteiger partial charge on any atom is 0.00797 e. The molecule has 20 heavy (non-hydrogen) atoms. The van der Waals surface area contributed by atoms with Crippen LogP contribution < -0.4 is 5.32 Å². The zero-order valence-electron chi connectivity index (χ0n) is 14.3. The van der Waals surface area contributed by atoms with Crippen molar-refractivity contribution in [3.8, 4) is 0 Å². The third-order valence-corrected chi connectivity index (χ3v) is 4.61. The lowest BCUT2D eigenvalue weighted by molar-refractivity contribution is 0.266. The standard InChI is InChI=1S/C17H37N3/c1-5-12-20-14-8-9-17(10-15-20)18-11-6-7-13-19(4)16(2)3/h16-18H,5-15H2,1-4H3. The first kappa shape index (κ1) is 17.9. The first-order valence-electron chi connectivity index (χ1n) is 8.79. The van der Waals surface area contributed by atoms with E-state index in [2.05, 4.69) is 42.9 Å². The van der Waals surface area contributed by atoms with Crippen LogP contribution in [0.1, 0.15) is 59.3 Å². The molecule has 0 bridgehead atoms. The van der Waals surface area contributed by atoms with E-state index in [1.807, 2.05) is 0 Å². The van der Waals surface area contributed by atoms with E-state index in [1.54, 1.807) is 0 Å². The molecule has 3 heteroatoms. The molecule has 1 N–H and O–H groups in total. The van der Waals surface area contributed by atoms with Crippen molar-refractivity contribution in [3.05, 3.63) is 0 Å². The summed E-state index contributed by atoms with van der Waals surface area (Å²) < 4.78 is 0. The highest BCUT2D eigenvalue weighted by atomic mass is 15.1. The summed E-state index contributed by atoms with van der Waals surface area (Å²) in [4.78, 5) is 5.08. The van der Waals surface area contributed by atoms with Crippen LogP contribution in [0.25, 0.3) is 0 Å². The molecule has 1 aliphatic heterocycles. The molecule has 1 aliphatic rings. The van der Waals surface area contributed by atoms with Crippen molar-refractivity contribution in [3.63, 3.8) is 0 Å². The van der Waals surface area contributed by atoms with Crippen molar-refractivity contribution in [2.45, 2.75) is 71.4 Å². The second kappa shape index (κ2) is 10.6. The summed E-state index contributed by atoms with van der Waals surface area (Å²) in [5, 5.41) is 3.78. The smallest absolute Gasteiger partial charge is 0.00797 e. The van der Waals surface area contributed by atoms with Crippen LogP contribution in [0.5, 0.6) is 0 Å². The molecule has 1 heterocycles. The van der Waals surface area contributed by atoms with E-state index in [4.69, 9.17) is 0 Å². The van der Waals surface area contributed by atoms with Gasteiger partial charge in [-0.05, 0) is 92.1 Å². The Morgan fingerprint density at radius 1 is 1.20 bits per heavy atom. The largest absolute Gasteiger partial charge is 0.314 e. The fourth-order valence-electron chi connectivity index (χ4n) is 2.95. The van der Waals surface area contributed by atoms with Crippen LogP contribution in [0.3, 0.4) is 0 Å². The van der Waals surface area contributed by atoms with E-state index in [9.17, 15) is 0 Å². The van der Waals surface area contributed by atoms with Gasteiger partial charge in [0.25, 0.3) is 0 Å². The van der Waals surface area contributed by atoms with Crippen LogP contribution in [-0.2, 0) is 0 Å². The zero-order chi connectivity index (χ0) is 14.8. The van der Waals surface area contributed by atoms with Crippen molar-refractivity contribution < 1.29 is 0 Å². The number of nitrogens with one attached hydrogen (secondary N) is 1. The predicted octanol–water partition coefficient (Wildman–Crippen LogP) is 2.96. The summed E-state index contributed by atoms with van der Waals surface area (Å²) in [6.45, 7) is 13.1. The quantitative estimate of drug-likeness (QED) is 0.656. The van der Waals surface area contributed by atoms with Gasteiger partial charge in [0.15, 0.2) is 0 Å². The van der Waals surface area contributed by atoms with E-state index in [0.29, 0.717) is 6.04 Å². The average molecular weight is 284 g/mol. The fourth-order valence-corrected chi connectivity index (χ4v) is 2.95. The van der Waals surface area contributed by atoms with E-state index in [1.165, 1.54) is 71.2 Å². The van der Waals surface area contributed by atoms with Crippen molar-refractivity contribution >= 4 is 0 Å². The molecular weight excluding hydrogens is 246 g/mol. The second-order valence-electron chi connectivity index (χ2n) is 6.71. The van der Waals surface area contributed by atoms with Gasteiger partial charge in [-0.1, -0.05) is 6.92 Å². The molecule has 1 unspecified atom stereocenters. The van der Waals surface area contributed by atoms with Gasteiger partial charge in [0.1, 0.15) is 0 Å². The van der Waals surface area contributed by atoms with Gasteiger partial charge in [-0.2, -0.15) is 0 Å². The summed E-state index contributed by atoms with van der Waals surface area (Å²) in [5.74, 6) is 0. The van der Waals surface area contributed by atoms with E-state index < -0.39 is 0 Å². The number of unbranched alkanes of at least 4 members (excludes halogenated alkanes) is 1. The van der Waals surface area contributed by atoms with Gasteiger partial charge in [0.2, 0.25) is 0 Å². The molecular formula is C17H37N3. The zero-order valence-corrected chi connectivity index (χ0v) is 14.3. The molecule has 0 amide bonds. The Morgan fingerprint density at radius 2 is 2.00 bits per heavy atom. The van der Waals surface area contributed by atoms with Crippen LogP contribution in [0.4, 0.5) is 0 Å². The maximum absolute atomic E-state index is 3.78. The molecule has 1 saturated heterocycles. The molecule has 3 nitrogen and oxygen atoms in total. The van der Waals surface area contributed by atoms with Gasteiger partial charge < -0.3 is 15.1 Å². The third-order valence-electron chi connectivity index (χ3n) is 4.61. The molecule has 1 atom stereocenters. The van der Waals surface area contributed by atoms with Crippen LogP contribution in [0.15, 0.2) is 0 Å². The number of hydrogen-bond acceptors (Lipinski definition) is 3. The Kier molecular flexibility index (Phi) is 9.49. The predicted molar refractivity (Wildman–Crippen MR) is 89.4 cm³/mol. The lowest BCUT2D eigenvalue weighted by Crippen LogP contribution is -2.32. The number of nitrogens with zero attached hydrogens (tertiary/aromatic N) is 2. The van der Waals surface area contributed by atoms with E-state index >= 15 is 0 Å². The minimum atomic E-state index is 0.675. The molecule has 0 aromatic carbocycles. The summed E-state index contributed by atoms with van der Waals surface area (Å²) in [5.41, 5.74) is 0. The highest BCUT2D eigenvalue weighted by molar-refractivity contribution is 4.74. The van der Waals surface area contributed by atoms with Gasteiger partial charge in [-0.25, -0.2) is 0 Å². The molecule has 0 saturated carbocycles. The SMILES string of the molecule is CCCN1CCCC(NCCCCN(C)C(C)C)CC1. The van der Waals surface area contributed by atoms with E-state index in [0.717, 1.165) is 6.04 Å². The number of hydrogen-bond donors (Lipinski definition) is 1. The molecule has 0 aliphatic carbocycles. The first-order valence-corrected chi connectivity index (χ1v) is 8.79. The van der Waals surface area contributed by atoms with Crippen molar-refractivity contribution in [2.75, 3.05) is 39.8 Å². The van der Waals surface area contributed by atoms with Crippen molar-refractivity contribution in [1.29, 1.82) is 0 Å². The molecule has 1 rings (SSSR count). The Labute approximate surface area is 127 Å². The van der Waals surface area contributed by atoms with Crippen LogP contribution in [-0.4, -0.2) is 61.7 Å². The van der Waals surface area contributed by atoms with Gasteiger partial charge in [0, 0.05) is 12.1 Å². The highest BCUT2D eigenvalue weighted by Gasteiger charge is 2.15. The Bertz CT molecular complexity index is 230. The summed E-state index contributed by atoms with van der Waals surface area (Å²) in [6.07, 6.45) is 8.00. The fraction of sp³-hybridized carbons (Fsp3) is 1.00. The van der Waals surface area contributed by atoms with Gasteiger partial charge in [0.05, 0.1) is 0 Å². The third kappa shape index (κ3) is 7.61. The Balaban J connectivity index is 2.04. The van der Waals surface area contributed by atoms with Crippen LogP contribution in [0, 0.1) is 0 Å². The van der Waals surface area contributed by atoms with Crippen molar-refractivity contribution in [1.82, 2.24) is 15.1 Å². The van der Waals surface area contributed by atoms with Gasteiger partial charge in [-0.3, -0.25) is 0 Å². The number of likely N-dealkylation sites (tertiary alicyclic amines) is 1. The van der Waals surface area contributed by atoms with E-state index in [-0.39, 0.29) is 0 Å².